The van der Waals surface area contributed by atoms with Crippen molar-refractivity contribution in [2.45, 2.75) is 62.6 Å². The monoisotopic (exact) mass is 447 g/mol. The van der Waals surface area contributed by atoms with Crippen LogP contribution >= 0.6 is 23.1 Å². The van der Waals surface area contributed by atoms with E-state index < -0.39 is 17.2 Å². The summed E-state index contributed by atoms with van der Waals surface area (Å²) in [4.78, 5) is 38.5. The van der Waals surface area contributed by atoms with E-state index in [0.29, 0.717) is 21.6 Å². The normalized spacial score (nSPS) is 14.1. The maximum absolute atomic E-state index is 12.4. The minimum absolute atomic E-state index is 0.0269. The maximum atomic E-state index is 12.4. The van der Waals surface area contributed by atoms with Gasteiger partial charge >= 0.3 is 6.03 Å². The van der Waals surface area contributed by atoms with Gasteiger partial charge in [0, 0.05) is 18.2 Å². The van der Waals surface area contributed by atoms with E-state index in [9.17, 15) is 14.4 Å². The van der Waals surface area contributed by atoms with E-state index in [4.69, 9.17) is 0 Å². The van der Waals surface area contributed by atoms with Gasteiger partial charge in [0.25, 0.3) is 0 Å². The Morgan fingerprint density at radius 3 is 2.63 bits per heavy atom. The molecule has 160 valence electrons. The number of aromatic nitrogens is 2. The van der Waals surface area contributed by atoms with Crippen LogP contribution < -0.4 is 15.5 Å². The summed E-state index contributed by atoms with van der Waals surface area (Å²) < 4.78 is 0.581. The summed E-state index contributed by atoms with van der Waals surface area (Å²) in [5.41, 5.74) is 2.67. The van der Waals surface area contributed by atoms with Crippen molar-refractivity contribution in [1.82, 2.24) is 15.5 Å². The fourth-order valence-electron chi connectivity index (χ4n) is 2.84. The Morgan fingerprint density at radius 1 is 1.27 bits per heavy atom. The highest BCUT2D eigenvalue weighted by molar-refractivity contribution is 8.02. The lowest BCUT2D eigenvalue weighted by molar-refractivity contribution is -0.119. The largest absolute Gasteiger partial charge is 0.325 e. The Bertz CT molecular complexity index is 958. The second-order valence-corrected chi connectivity index (χ2v) is 9.76. The highest BCUT2D eigenvalue weighted by Gasteiger charge is 2.35. The number of thioether (sulfide) groups is 1. The number of rotatable bonds is 7. The van der Waals surface area contributed by atoms with Crippen molar-refractivity contribution in [2.24, 2.45) is 0 Å². The Kier molecular flexibility index (Phi) is 7.09. The molecule has 1 aromatic heterocycles. The molecule has 1 aliphatic rings. The summed E-state index contributed by atoms with van der Waals surface area (Å²) in [6, 6.07) is 5.28. The lowest BCUT2D eigenvalue weighted by Gasteiger charge is -2.17. The number of nitrogens with one attached hydrogen (secondary N) is 2. The second kappa shape index (κ2) is 9.57. The first-order valence-electron chi connectivity index (χ1n) is 9.79. The van der Waals surface area contributed by atoms with Crippen LogP contribution in [-0.4, -0.2) is 39.3 Å². The van der Waals surface area contributed by atoms with Crippen molar-refractivity contribution >= 4 is 51.8 Å². The number of carbonyl (C=O) groups is 3. The number of urea groups is 1. The van der Waals surface area contributed by atoms with Crippen LogP contribution in [0.15, 0.2) is 22.5 Å². The highest BCUT2D eigenvalue weighted by Crippen LogP contribution is 2.37. The quantitative estimate of drug-likeness (QED) is 0.493. The van der Waals surface area contributed by atoms with Crippen molar-refractivity contribution in [3.63, 3.8) is 0 Å². The van der Waals surface area contributed by atoms with E-state index in [1.165, 1.54) is 23.1 Å². The van der Waals surface area contributed by atoms with Crippen LogP contribution in [0.4, 0.5) is 15.6 Å². The van der Waals surface area contributed by atoms with Crippen LogP contribution in [-0.2, 0) is 9.59 Å². The van der Waals surface area contributed by atoms with Gasteiger partial charge in [-0.25, -0.2) is 4.79 Å². The van der Waals surface area contributed by atoms with Gasteiger partial charge in [-0.3, -0.25) is 19.8 Å². The number of benzene rings is 1. The molecule has 8 nitrogen and oxygen atoms in total. The Labute approximate surface area is 183 Å². The summed E-state index contributed by atoms with van der Waals surface area (Å²) in [6.07, 6.45) is 2.36. The molecular formula is C20H25N5O3S2. The second-order valence-electron chi connectivity index (χ2n) is 7.22. The molecule has 1 fully saturated rings. The Morgan fingerprint density at radius 2 is 2.00 bits per heavy atom. The van der Waals surface area contributed by atoms with Gasteiger partial charge in [-0.15, -0.1) is 10.2 Å². The molecular weight excluding hydrogens is 422 g/mol. The fraction of sp³-hybridized carbons (Fsp3) is 0.450. The molecule has 1 heterocycles. The molecule has 30 heavy (non-hydrogen) atoms. The SMILES string of the molecule is CCC(=O)N(c1nnc(SC(C)C(=O)NC(=O)Nc2ccc(C)cc2C)s1)C1CC1. The fourth-order valence-corrected chi connectivity index (χ4v) is 4.92. The molecule has 2 aromatic rings. The number of hydrogen-bond donors (Lipinski definition) is 2. The molecule has 0 radical (unpaired) electrons. The highest BCUT2D eigenvalue weighted by atomic mass is 32.2. The van der Waals surface area contributed by atoms with Crippen molar-refractivity contribution in [1.29, 1.82) is 0 Å². The molecule has 10 heteroatoms. The van der Waals surface area contributed by atoms with Crippen LogP contribution in [0.2, 0.25) is 0 Å². The summed E-state index contributed by atoms with van der Waals surface area (Å²) in [6.45, 7) is 7.38. The van der Waals surface area contributed by atoms with Crippen LogP contribution in [0.5, 0.6) is 0 Å². The summed E-state index contributed by atoms with van der Waals surface area (Å²) in [5.74, 6) is -0.401. The van der Waals surface area contributed by atoms with Gasteiger partial charge in [0.15, 0.2) is 4.34 Å². The third-order valence-corrected chi connectivity index (χ3v) is 6.71. The van der Waals surface area contributed by atoms with Crippen molar-refractivity contribution in [3.8, 4) is 0 Å². The number of aryl methyl sites for hydroxylation is 2. The first-order chi connectivity index (χ1) is 14.3. The van der Waals surface area contributed by atoms with E-state index >= 15 is 0 Å². The van der Waals surface area contributed by atoms with E-state index in [1.54, 1.807) is 17.9 Å². The average molecular weight is 448 g/mol. The van der Waals surface area contributed by atoms with Crippen molar-refractivity contribution in [3.05, 3.63) is 29.3 Å². The van der Waals surface area contributed by atoms with Crippen LogP contribution in [0, 0.1) is 13.8 Å². The first-order valence-corrected chi connectivity index (χ1v) is 11.5. The van der Waals surface area contributed by atoms with Gasteiger partial charge in [0.05, 0.1) is 5.25 Å². The maximum Gasteiger partial charge on any atom is 0.325 e. The number of imide groups is 1. The molecule has 2 N–H and O–H groups in total. The van der Waals surface area contributed by atoms with Gasteiger partial charge < -0.3 is 5.32 Å². The Balaban J connectivity index is 1.56. The zero-order chi connectivity index (χ0) is 21.8. The summed E-state index contributed by atoms with van der Waals surface area (Å²) in [5, 5.41) is 13.3. The predicted octanol–water partition coefficient (Wildman–Crippen LogP) is 3.89. The van der Waals surface area contributed by atoms with Gasteiger partial charge in [0.2, 0.25) is 16.9 Å². The number of hydrogen-bond acceptors (Lipinski definition) is 7. The van der Waals surface area contributed by atoms with Crippen LogP contribution in [0.25, 0.3) is 0 Å². The van der Waals surface area contributed by atoms with E-state index in [2.05, 4.69) is 20.8 Å². The third kappa shape index (κ3) is 5.57. The van der Waals surface area contributed by atoms with E-state index in [0.717, 1.165) is 24.0 Å². The van der Waals surface area contributed by atoms with Crippen molar-refractivity contribution in [2.75, 3.05) is 10.2 Å². The zero-order valence-corrected chi connectivity index (χ0v) is 19.0. The molecule has 1 aliphatic carbocycles. The van der Waals surface area contributed by atoms with Gasteiger partial charge in [-0.05, 0) is 45.2 Å². The lowest BCUT2D eigenvalue weighted by Crippen LogP contribution is -2.39. The molecule has 0 bridgehead atoms. The van der Waals surface area contributed by atoms with Gasteiger partial charge in [-0.1, -0.05) is 47.7 Å². The predicted molar refractivity (Wildman–Crippen MR) is 119 cm³/mol. The minimum Gasteiger partial charge on any atom is -0.307 e. The van der Waals surface area contributed by atoms with Crippen LogP contribution in [0.3, 0.4) is 0 Å². The van der Waals surface area contributed by atoms with Crippen molar-refractivity contribution < 1.29 is 14.4 Å². The number of carbonyl (C=O) groups excluding carboxylic acids is 3. The molecule has 1 saturated carbocycles. The lowest BCUT2D eigenvalue weighted by atomic mass is 10.1. The first kappa shape index (κ1) is 22.2. The standard InChI is InChI=1S/C20H25N5O3S2/c1-5-16(26)25(14-7-8-14)19-23-24-20(30-19)29-13(4)17(27)22-18(28)21-15-9-6-11(2)10-12(15)3/h6,9-10,13-14H,5,7-8H2,1-4H3,(H2,21,22,27,28). The zero-order valence-electron chi connectivity index (χ0n) is 17.4. The summed E-state index contributed by atoms with van der Waals surface area (Å²) in [7, 11) is 0. The van der Waals surface area contributed by atoms with Gasteiger partial charge in [-0.2, -0.15) is 0 Å². The van der Waals surface area contributed by atoms with E-state index in [1.807, 2.05) is 32.9 Å². The third-order valence-electron chi connectivity index (χ3n) is 4.60. The van der Waals surface area contributed by atoms with Crippen LogP contribution in [0.1, 0.15) is 44.2 Å². The molecule has 0 aliphatic heterocycles. The molecule has 1 aromatic carbocycles. The molecule has 4 amide bonds. The topological polar surface area (TPSA) is 104 Å². The molecule has 1 atom stereocenters. The number of anilines is 2. The molecule has 0 saturated heterocycles. The number of nitrogens with zero attached hydrogens (tertiary/aromatic N) is 3. The minimum atomic E-state index is -0.578. The molecule has 1 unspecified atom stereocenters. The van der Waals surface area contributed by atoms with Gasteiger partial charge in [0.1, 0.15) is 0 Å². The molecule has 0 spiro atoms. The van der Waals surface area contributed by atoms with E-state index in [-0.39, 0.29) is 11.9 Å². The number of amides is 4. The molecule has 3 rings (SSSR count). The average Bonchev–Trinajstić information content (AvgIpc) is 3.42. The summed E-state index contributed by atoms with van der Waals surface area (Å²) >= 11 is 2.50. The smallest absolute Gasteiger partial charge is 0.307 e. The Hall–Kier alpha value is -2.46.